The third kappa shape index (κ3) is 4.80. The maximum absolute atomic E-state index is 11.3. The maximum atomic E-state index is 11.3. The van der Waals surface area contributed by atoms with Gasteiger partial charge in [-0.3, -0.25) is 9.08 Å². The van der Waals surface area contributed by atoms with Crippen LogP contribution in [0, 0.1) is 0 Å². The Morgan fingerprint density at radius 3 is 2.83 bits per heavy atom. The van der Waals surface area contributed by atoms with Crippen molar-refractivity contribution in [2.24, 2.45) is 0 Å². The van der Waals surface area contributed by atoms with Crippen molar-refractivity contribution >= 4 is 10.1 Å². The van der Waals surface area contributed by atoms with Crippen molar-refractivity contribution in [1.82, 2.24) is 4.90 Å². The van der Waals surface area contributed by atoms with Crippen LogP contribution < -0.4 is 4.74 Å². The van der Waals surface area contributed by atoms with Gasteiger partial charge >= 0.3 is 0 Å². The third-order valence-electron chi connectivity index (χ3n) is 4.12. The van der Waals surface area contributed by atoms with Gasteiger partial charge in [-0.05, 0) is 31.0 Å². The van der Waals surface area contributed by atoms with Gasteiger partial charge < -0.3 is 4.74 Å². The molecule has 0 radical (unpaired) electrons. The first-order valence-corrected chi connectivity index (χ1v) is 9.63. The molecule has 0 amide bonds. The fourth-order valence-electron chi connectivity index (χ4n) is 3.14. The zero-order chi connectivity index (χ0) is 16.9. The number of nitrogens with zero attached hydrogens (tertiary/aromatic N) is 1. The highest BCUT2D eigenvalue weighted by molar-refractivity contribution is 7.85. The summed E-state index contributed by atoms with van der Waals surface area (Å²) in [5.41, 5.74) is 1.89. The van der Waals surface area contributed by atoms with Crippen LogP contribution in [0.25, 0.3) is 0 Å². The lowest BCUT2D eigenvalue weighted by molar-refractivity contribution is 0.160. The summed E-state index contributed by atoms with van der Waals surface area (Å²) in [5, 5.41) is 0. The summed E-state index contributed by atoms with van der Waals surface area (Å²) in [7, 11) is -1.84. The van der Waals surface area contributed by atoms with E-state index in [-0.39, 0.29) is 12.6 Å². The van der Waals surface area contributed by atoms with Gasteiger partial charge in [-0.25, -0.2) is 0 Å². The van der Waals surface area contributed by atoms with Gasteiger partial charge in [0, 0.05) is 18.2 Å². The predicted octanol–water partition coefficient (Wildman–Crippen LogP) is 2.88. The molecule has 1 aliphatic rings. The number of rotatable bonds is 7. The summed E-state index contributed by atoms with van der Waals surface area (Å²) in [6, 6.07) is 5.88. The highest BCUT2D eigenvalue weighted by Gasteiger charge is 2.28. The van der Waals surface area contributed by atoms with Crippen LogP contribution in [0.1, 0.15) is 36.4 Å². The first-order chi connectivity index (χ1) is 11.0. The average molecular weight is 339 g/mol. The number of likely N-dealkylation sites (tertiary alicyclic amines) is 1. The minimum atomic E-state index is -3.48. The van der Waals surface area contributed by atoms with Crippen molar-refractivity contribution < 1.29 is 17.3 Å². The molecular formula is C17H25NO4S. The van der Waals surface area contributed by atoms with E-state index in [2.05, 4.69) is 11.5 Å². The van der Waals surface area contributed by atoms with E-state index >= 15 is 0 Å². The molecule has 0 unspecified atom stereocenters. The summed E-state index contributed by atoms with van der Waals surface area (Å²) in [5.74, 6) is 0.778. The Bertz CT molecular complexity index is 642. The molecule has 1 aromatic rings. The number of ether oxygens (including phenoxy) is 1. The second-order valence-electron chi connectivity index (χ2n) is 5.79. The molecule has 23 heavy (non-hydrogen) atoms. The molecule has 1 fully saturated rings. The Labute approximate surface area is 139 Å². The molecule has 0 aromatic heterocycles. The standard InChI is InChI=1S/C17H25NO4S/c1-4-11-18-12-6-5-9-15(18)17-14(13-22-23(3,19)20)8-7-10-16(17)21-2/h4,7-8,10,15H,1,5-6,9,11-13H2,2-3H3/t15-/m1/s1. The number of methoxy groups -OCH3 is 1. The van der Waals surface area contributed by atoms with Gasteiger partial charge in [-0.15, -0.1) is 6.58 Å². The van der Waals surface area contributed by atoms with Gasteiger partial charge in [0.25, 0.3) is 10.1 Å². The summed E-state index contributed by atoms with van der Waals surface area (Å²) in [6.07, 6.45) is 6.29. The highest BCUT2D eigenvalue weighted by atomic mass is 32.2. The Morgan fingerprint density at radius 1 is 1.39 bits per heavy atom. The van der Waals surface area contributed by atoms with Crippen molar-refractivity contribution in [2.45, 2.75) is 31.9 Å². The molecule has 1 atom stereocenters. The van der Waals surface area contributed by atoms with Crippen LogP contribution in [-0.2, 0) is 20.9 Å². The molecule has 5 nitrogen and oxygen atoms in total. The van der Waals surface area contributed by atoms with Crippen molar-refractivity contribution in [2.75, 3.05) is 26.5 Å². The maximum Gasteiger partial charge on any atom is 0.264 e. The topological polar surface area (TPSA) is 55.8 Å². The van der Waals surface area contributed by atoms with Crippen molar-refractivity contribution in [3.8, 4) is 5.75 Å². The third-order valence-corrected chi connectivity index (χ3v) is 4.66. The van der Waals surface area contributed by atoms with Gasteiger partial charge in [0.2, 0.25) is 0 Å². The molecule has 2 rings (SSSR count). The second-order valence-corrected chi connectivity index (χ2v) is 7.44. The zero-order valence-corrected chi connectivity index (χ0v) is 14.6. The summed E-state index contributed by atoms with van der Waals surface area (Å²) in [6.45, 7) is 5.67. The molecule has 128 valence electrons. The molecule has 0 aliphatic carbocycles. The van der Waals surface area contributed by atoms with Crippen LogP contribution in [-0.4, -0.2) is 39.8 Å². The van der Waals surface area contributed by atoms with E-state index < -0.39 is 10.1 Å². The van der Waals surface area contributed by atoms with E-state index in [1.165, 1.54) is 0 Å². The molecule has 1 saturated heterocycles. The van der Waals surface area contributed by atoms with Crippen molar-refractivity contribution in [3.05, 3.63) is 42.0 Å². The van der Waals surface area contributed by atoms with Gasteiger partial charge in [-0.2, -0.15) is 8.42 Å². The molecule has 1 aliphatic heterocycles. The molecule has 0 N–H and O–H groups in total. The van der Waals surface area contributed by atoms with Crippen LogP contribution >= 0.6 is 0 Å². The first kappa shape index (κ1) is 18.0. The summed E-state index contributed by atoms with van der Waals surface area (Å²) < 4.78 is 33.2. The van der Waals surface area contributed by atoms with E-state index in [1.807, 2.05) is 24.3 Å². The van der Waals surface area contributed by atoms with Crippen LogP contribution in [0.15, 0.2) is 30.9 Å². The van der Waals surface area contributed by atoms with Crippen molar-refractivity contribution in [1.29, 1.82) is 0 Å². The highest BCUT2D eigenvalue weighted by Crippen LogP contribution is 2.38. The number of hydrogen-bond acceptors (Lipinski definition) is 5. The van der Waals surface area contributed by atoms with Crippen LogP contribution in [0.3, 0.4) is 0 Å². The Balaban J connectivity index is 2.38. The summed E-state index contributed by atoms with van der Waals surface area (Å²) >= 11 is 0. The molecule has 6 heteroatoms. The van der Waals surface area contributed by atoms with Gasteiger partial charge in [0.05, 0.1) is 20.0 Å². The van der Waals surface area contributed by atoms with Crippen LogP contribution in [0.2, 0.25) is 0 Å². The molecular weight excluding hydrogens is 314 g/mol. The van der Waals surface area contributed by atoms with Gasteiger partial charge in [0.15, 0.2) is 0 Å². The van der Waals surface area contributed by atoms with Gasteiger partial charge in [-0.1, -0.05) is 24.6 Å². The van der Waals surface area contributed by atoms with Gasteiger partial charge in [0.1, 0.15) is 5.75 Å². The lowest BCUT2D eigenvalue weighted by Gasteiger charge is -2.37. The Morgan fingerprint density at radius 2 is 2.17 bits per heavy atom. The number of benzene rings is 1. The van der Waals surface area contributed by atoms with E-state index in [4.69, 9.17) is 8.92 Å². The minimum Gasteiger partial charge on any atom is -0.496 e. The minimum absolute atomic E-state index is 0.0315. The van der Waals surface area contributed by atoms with Crippen LogP contribution in [0.5, 0.6) is 5.75 Å². The van der Waals surface area contributed by atoms with Crippen LogP contribution in [0.4, 0.5) is 0 Å². The normalized spacial score (nSPS) is 19.5. The van der Waals surface area contributed by atoms with Crippen molar-refractivity contribution in [3.63, 3.8) is 0 Å². The zero-order valence-electron chi connectivity index (χ0n) is 13.8. The summed E-state index contributed by atoms with van der Waals surface area (Å²) in [4.78, 5) is 2.36. The van der Waals surface area contributed by atoms with E-state index in [0.29, 0.717) is 0 Å². The second kappa shape index (κ2) is 7.95. The predicted molar refractivity (Wildman–Crippen MR) is 91.0 cm³/mol. The molecule has 0 saturated carbocycles. The number of piperidine rings is 1. The molecule has 1 aromatic carbocycles. The lowest BCUT2D eigenvalue weighted by atomic mass is 9.91. The fraction of sp³-hybridized carbons (Fsp3) is 0.529. The quantitative estimate of drug-likeness (QED) is 0.565. The van der Waals surface area contributed by atoms with E-state index in [9.17, 15) is 8.42 Å². The molecule has 0 bridgehead atoms. The molecule has 1 heterocycles. The lowest BCUT2D eigenvalue weighted by Crippen LogP contribution is -2.34. The monoisotopic (exact) mass is 339 g/mol. The Hall–Kier alpha value is -1.37. The Kier molecular flexibility index (Phi) is 6.21. The fourth-order valence-corrected chi connectivity index (χ4v) is 3.49. The average Bonchev–Trinajstić information content (AvgIpc) is 2.53. The SMILES string of the molecule is C=CCN1CCCC[C@@H]1c1c(COS(C)(=O)=O)cccc1OC. The molecule has 0 spiro atoms. The number of hydrogen-bond donors (Lipinski definition) is 0. The van der Waals surface area contributed by atoms with E-state index in [1.54, 1.807) is 7.11 Å². The first-order valence-electron chi connectivity index (χ1n) is 7.81. The smallest absolute Gasteiger partial charge is 0.264 e. The van der Waals surface area contributed by atoms with E-state index in [0.717, 1.165) is 55.5 Å². The largest absolute Gasteiger partial charge is 0.496 e.